The molecule has 2 rings (SSSR count). The highest BCUT2D eigenvalue weighted by molar-refractivity contribution is 7.99. The molecule has 0 saturated carbocycles. The Bertz CT molecular complexity index is 584. The Morgan fingerprint density at radius 2 is 1.95 bits per heavy atom. The molecule has 0 bridgehead atoms. The van der Waals surface area contributed by atoms with Gasteiger partial charge in [-0.25, -0.2) is 9.97 Å². The van der Waals surface area contributed by atoms with Crippen molar-refractivity contribution in [2.45, 2.75) is 25.9 Å². The summed E-state index contributed by atoms with van der Waals surface area (Å²) in [6, 6.07) is 7.96. The molecule has 1 aromatic heterocycles. The van der Waals surface area contributed by atoms with E-state index < -0.39 is 0 Å². The maximum atomic E-state index is 5.79. The van der Waals surface area contributed by atoms with Gasteiger partial charge in [-0.15, -0.1) is 0 Å². The number of anilines is 3. The van der Waals surface area contributed by atoms with Crippen LogP contribution in [0, 0.1) is 13.8 Å². The lowest BCUT2D eigenvalue weighted by molar-refractivity contribution is 0.981. The van der Waals surface area contributed by atoms with Gasteiger partial charge in [-0.05, 0) is 42.9 Å². The fraction of sp³-hybridized carbons (Fsp3) is 0.286. The van der Waals surface area contributed by atoms with E-state index in [1.165, 1.54) is 11.1 Å². The van der Waals surface area contributed by atoms with Crippen LogP contribution >= 0.6 is 11.8 Å². The maximum absolute atomic E-state index is 5.79. The van der Waals surface area contributed by atoms with Crippen LogP contribution in [0.5, 0.6) is 0 Å². The highest BCUT2D eigenvalue weighted by Gasteiger charge is 2.04. The van der Waals surface area contributed by atoms with Gasteiger partial charge in [0.15, 0.2) is 5.16 Å². The first-order valence-corrected chi connectivity index (χ1v) is 7.18. The number of nitrogens with two attached hydrogens (primary N) is 1. The van der Waals surface area contributed by atoms with Crippen molar-refractivity contribution in [3.05, 3.63) is 35.4 Å². The van der Waals surface area contributed by atoms with Crippen LogP contribution in [0.3, 0.4) is 0 Å². The summed E-state index contributed by atoms with van der Waals surface area (Å²) in [5.74, 6) is 2.14. The number of benzene rings is 1. The number of hydrogen-bond donors (Lipinski definition) is 2. The number of nitrogen functional groups attached to an aromatic ring is 1. The lowest BCUT2D eigenvalue weighted by Gasteiger charge is -2.09. The zero-order valence-electron chi connectivity index (χ0n) is 11.4. The second-order valence-corrected chi connectivity index (χ2v) is 5.55. The van der Waals surface area contributed by atoms with Crippen LogP contribution in [0.1, 0.15) is 18.1 Å². The molecule has 100 valence electrons. The van der Waals surface area contributed by atoms with Gasteiger partial charge in [-0.3, -0.25) is 0 Å². The minimum Gasteiger partial charge on any atom is -0.383 e. The van der Waals surface area contributed by atoms with Crippen LogP contribution in [-0.4, -0.2) is 15.7 Å². The molecule has 0 aliphatic heterocycles. The molecule has 0 aliphatic carbocycles. The first kappa shape index (κ1) is 13.7. The third-order valence-corrected chi connectivity index (χ3v) is 3.51. The topological polar surface area (TPSA) is 63.8 Å². The molecular weight excluding hydrogens is 256 g/mol. The van der Waals surface area contributed by atoms with Crippen LogP contribution in [0.25, 0.3) is 0 Å². The van der Waals surface area contributed by atoms with E-state index in [9.17, 15) is 0 Å². The first-order chi connectivity index (χ1) is 9.08. The Morgan fingerprint density at radius 3 is 2.63 bits per heavy atom. The van der Waals surface area contributed by atoms with Gasteiger partial charge in [0.2, 0.25) is 0 Å². The number of aromatic nitrogens is 2. The van der Waals surface area contributed by atoms with Gasteiger partial charge in [0.1, 0.15) is 11.6 Å². The van der Waals surface area contributed by atoms with Gasteiger partial charge >= 0.3 is 0 Å². The summed E-state index contributed by atoms with van der Waals surface area (Å²) in [7, 11) is 0. The Hall–Kier alpha value is -1.75. The average Bonchev–Trinajstić information content (AvgIpc) is 2.33. The lowest BCUT2D eigenvalue weighted by Crippen LogP contribution is -2.00. The summed E-state index contributed by atoms with van der Waals surface area (Å²) in [6.07, 6.45) is 0. The van der Waals surface area contributed by atoms with E-state index >= 15 is 0 Å². The van der Waals surface area contributed by atoms with E-state index in [4.69, 9.17) is 5.73 Å². The van der Waals surface area contributed by atoms with Crippen molar-refractivity contribution >= 4 is 29.1 Å². The molecule has 5 heteroatoms. The van der Waals surface area contributed by atoms with Crippen molar-refractivity contribution in [1.29, 1.82) is 0 Å². The quantitative estimate of drug-likeness (QED) is 0.659. The summed E-state index contributed by atoms with van der Waals surface area (Å²) < 4.78 is 0. The molecule has 2 aromatic rings. The third kappa shape index (κ3) is 3.61. The monoisotopic (exact) mass is 274 g/mol. The zero-order chi connectivity index (χ0) is 13.8. The van der Waals surface area contributed by atoms with Gasteiger partial charge < -0.3 is 11.1 Å². The fourth-order valence-electron chi connectivity index (χ4n) is 1.67. The zero-order valence-corrected chi connectivity index (χ0v) is 12.2. The van der Waals surface area contributed by atoms with Crippen LogP contribution in [0.4, 0.5) is 17.3 Å². The van der Waals surface area contributed by atoms with Crippen molar-refractivity contribution in [3.8, 4) is 0 Å². The van der Waals surface area contributed by atoms with E-state index in [-0.39, 0.29) is 0 Å². The molecule has 1 aromatic carbocycles. The number of nitrogens with one attached hydrogen (secondary N) is 1. The smallest absolute Gasteiger partial charge is 0.191 e. The first-order valence-electron chi connectivity index (χ1n) is 6.20. The van der Waals surface area contributed by atoms with Crippen LogP contribution in [0.15, 0.2) is 29.4 Å². The second-order valence-electron chi connectivity index (χ2n) is 4.32. The van der Waals surface area contributed by atoms with Crippen molar-refractivity contribution < 1.29 is 0 Å². The molecule has 0 unspecified atom stereocenters. The van der Waals surface area contributed by atoms with E-state index in [2.05, 4.69) is 48.2 Å². The van der Waals surface area contributed by atoms with E-state index in [1.807, 2.05) is 6.07 Å². The molecular formula is C14H18N4S. The van der Waals surface area contributed by atoms with Crippen molar-refractivity contribution in [2.75, 3.05) is 16.8 Å². The number of thioether (sulfide) groups is 1. The summed E-state index contributed by atoms with van der Waals surface area (Å²) in [5.41, 5.74) is 9.32. The minimum atomic E-state index is 0.484. The van der Waals surface area contributed by atoms with E-state index in [0.29, 0.717) is 11.0 Å². The molecule has 3 N–H and O–H groups in total. The normalized spacial score (nSPS) is 10.5. The molecule has 0 fully saturated rings. The Labute approximate surface area is 117 Å². The lowest BCUT2D eigenvalue weighted by atomic mass is 10.1. The predicted molar refractivity (Wildman–Crippen MR) is 82.0 cm³/mol. The number of aryl methyl sites for hydroxylation is 2. The molecule has 19 heavy (non-hydrogen) atoms. The van der Waals surface area contributed by atoms with Gasteiger partial charge in [-0.1, -0.05) is 24.8 Å². The molecule has 0 spiro atoms. The molecule has 4 nitrogen and oxygen atoms in total. The molecule has 0 amide bonds. The van der Waals surface area contributed by atoms with Gasteiger partial charge in [0.05, 0.1) is 0 Å². The average molecular weight is 274 g/mol. The molecule has 0 radical (unpaired) electrons. The second kappa shape index (κ2) is 5.93. The van der Waals surface area contributed by atoms with Gasteiger partial charge in [-0.2, -0.15) is 0 Å². The van der Waals surface area contributed by atoms with Crippen molar-refractivity contribution in [3.63, 3.8) is 0 Å². The molecule has 0 aliphatic rings. The molecule has 0 atom stereocenters. The maximum Gasteiger partial charge on any atom is 0.191 e. The molecule has 1 heterocycles. The Kier molecular flexibility index (Phi) is 4.27. The minimum absolute atomic E-state index is 0.484. The highest BCUT2D eigenvalue weighted by atomic mass is 32.2. The van der Waals surface area contributed by atoms with Crippen LogP contribution in [0.2, 0.25) is 0 Å². The predicted octanol–water partition coefficient (Wildman–Crippen LogP) is 3.53. The molecule has 0 saturated heterocycles. The highest BCUT2D eigenvalue weighted by Crippen LogP contribution is 2.22. The summed E-state index contributed by atoms with van der Waals surface area (Å²) >= 11 is 1.58. The number of hydrogen-bond acceptors (Lipinski definition) is 5. The Morgan fingerprint density at radius 1 is 1.16 bits per heavy atom. The summed E-state index contributed by atoms with van der Waals surface area (Å²) in [5, 5.41) is 3.97. The van der Waals surface area contributed by atoms with Gasteiger partial charge in [0.25, 0.3) is 0 Å². The third-order valence-electron chi connectivity index (χ3n) is 2.78. The number of rotatable bonds is 4. The van der Waals surface area contributed by atoms with Crippen molar-refractivity contribution in [1.82, 2.24) is 9.97 Å². The van der Waals surface area contributed by atoms with E-state index in [0.717, 1.165) is 17.3 Å². The summed E-state index contributed by atoms with van der Waals surface area (Å²) in [6.45, 7) is 6.25. The van der Waals surface area contributed by atoms with Crippen molar-refractivity contribution in [2.24, 2.45) is 0 Å². The van der Waals surface area contributed by atoms with E-state index in [1.54, 1.807) is 17.8 Å². The standard InChI is InChI=1S/C14H18N4S/c1-4-19-14-17-12(15)8-13(18-14)16-11-6-5-9(2)10(3)7-11/h5-8H,4H2,1-3H3,(H3,15,16,17,18). The number of nitrogens with zero attached hydrogens (tertiary/aromatic N) is 2. The summed E-state index contributed by atoms with van der Waals surface area (Å²) in [4.78, 5) is 8.62. The van der Waals surface area contributed by atoms with Gasteiger partial charge in [0, 0.05) is 11.8 Å². The SMILES string of the molecule is CCSc1nc(N)cc(Nc2ccc(C)c(C)c2)n1. The largest absolute Gasteiger partial charge is 0.383 e. The van der Waals surface area contributed by atoms with Crippen LogP contribution in [-0.2, 0) is 0 Å². The van der Waals surface area contributed by atoms with Crippen LogP contribution < -0.4 is 11.1 Å². The Balaban J connectivity index is 2.24. The fourth-order valence-corrected chi connectivity index (χ4v) is 2.26.